The first-order valence-corrected chi connectivity index (χ1v) is 8.76. The second kappa shape index (κ2) is 9.41. The van der Waals surface area contributed by atoms with Crippen molar-refractivity contribution >= 4 is 41.3 Å². The lowest BCUT2D eigenvalue weighted by Gasteiger charge is -2.15. The van der Waals surface area contributed by atoms with Crippen molar-refractivity contribution in [1.29, 1.82) is 0 Å². The quantitative estimate of drug-likeness (QED) is 0.399. The lowest BCUT2D eigenvalue weighted by Crippen LogP contribution is -2.38. The van der Waals surface area contributed by atoms with Crippen molar-refractivity contribution in [1.82, 2.24) is 15.6 Å². The van der Waals surface area contributed by atoms with E-state index in [1.807, 2.05) is 0 Å². The van der Waals surface area contributed by atoms with Gasteiger partial charge in [0.05, 0.1) is 12.7 Å². The number of aliphatic imine (C=N–C) groups is 1. The predicted molar refractivity (Wildman–Crippen MR) is 112 cm³/mol. The molecule has 1 atom stereocenters. The van der Waals surface area contributed by atoms with E-state index in [0.717, 1.165) is 18.3 Å². The molecular formula is C17H27IN4OS. The summed E-state index contributed by atoms with van der Waals surface area (Å²) >= 11 is 1.73. The molecule has 1 unspecified atom stereocenters. The minimum absolute atomic E-state index is 0. The Hall–Kier alpha value is -1.09. The summed E-state index contributed by atoms with van der Waals surface area (Å²) in [7, 11) is 1.76. The van der Waals surface area contributed by atoms with Gasteiger partial charge in [-0.25, -0.2) is 4.98 Å². The van der Waals surface area contributed by atoms with Crippen molar-refractivity contribution < 1.29 is 4.42 Å². The van der Waals surface area contributed by atoms with Crippen LogP contribution in [0.3, 0.4) is 0 Å². The Bertz CT molecular complexity index is 631. The number of oxazole rings is 1. The van der Waals surface area contributed by atoms with Crippen LogP contribution in [-0.4, -0.2) is 24.5 Å². The minimum Gasteiger partial charge on any atom is -0.443 e. The molecule has 2 N–H and O–H groups in total. The molecule has 2 heterocycles. The fourth-order valence-corrected chi connectivity index (χ4v) is 2.82. The van der Waals surface area contributed by atoms with E-state index < -0.39 is 0 Å². The van der Waals surface area contributed by atoms with E-state index in [1.54, 1.807) is 24.6 Å². The van der Waals surface area contributed by atoms with Gasteiger partial charge in [-0.1, -0.05) is 27.7 Å². The maximum absolute atomic E-state index is 5.77. The summed E-state index contributed by atoms with van der Waals surface area (Å²) in [5.74, 6) is 2.75. The van der Waals surface area contributed by atoms with Crippen molar-refractivity contribution in [2.45, 2.75) is 45.6 Å². The topological polar surface area (TPSA) is 62.5 Å². The number of rotatable bonds is 5. The fraction of sp³-hybridized carbons (Fsp3) is 0.529. The number of nitrogens with one attached hydrogen (secondary N) is 2. The van der Waals surface area contributed by atoms with Crippen LogP contribution in [0.4, 0.5) is 0 Å². The molecular weight excluding hydrogens is 435 g/mol. The molecule has 5 nitrogen and oxygen atoms in total. The lowest BCUT2D eigenvalue weighted by atomic mass is 9.94. The van der Waals surface area contributed by atoms with Gasteiger partial charge in [-0.2, -0.15) is 11.3 Å². The lowest BCUT2D eigenvalue weighted by molar-refractivity contribution is 0.379. The standard InChI is InChI=1S/C17H26N4OS.HI/c1-12(13-6-7-23-11-13)8-20-16(18-5)21-10-15-19-9-14(22-15)17(2,3)4;/h6-7,9,11-12H,8,10H2,1-5H3,(H2,18,20,21);1H. The van der Waals surface area contributed by atoms with E-state index in [2.05, 4.69) is 65.1 Å². The van der Waals surface area contributed by atoms with Crippen molar-refractivity contribution in [3.8, 4) is 0 Å². The molecule has 0 aliphatic rings. The molecule has 24 heavy (non-hydrogen) atoms. The van der Waals surface area contributed by atoms with Crippen LogP contribution in [0.1, 0.15) is 50.8 Å². The summed E-state index contributed by atoms with van der Waals surface area (Å²) in [5, 5.41) is 10.9. The summed E-state index contributed by atoms with van der Waals surface area (Å²) in [4.78, 5) is 8.55. The molecule has 0 saturated carbocycles. The van der Waals surface area contributed by atoms with Crippen molar-refractivity contribution in [3.63, 3.8) is 0 Å². The summed E-state index contributed by atoms with van der Waals surface area (Å²) < 4.78 is 5.77. The molecule has 0 aliphatic carbocycles. The zero-order chi connectivity index (χ0) is 16.9. The van der Waals surface area contributed by atoms with Crippen LogP contribution < -0.4 is 10.6 Å². The van der Waals surface area contributed by atoms with E-state index >= 15 is 0 Å². The Labute approximate surface area is 165 Å². The molecule has 2 aromatic rings. The van der Waals surface area contributed by atoms with Crippen LogP contribution in [0.25, 0.3) is 0 Å². The van der Waals surface area contributed by atoms with Crippen molar-refractivity contribution in [3.05, 3.63) is 40.2 Å². The van der Waals surface area contributed by atoms with Gasteiger partial charge in [-0.05, 0) is 28.3 Å². The highest BCUT2D eigenvalue weighted by molar-refractivity contribution is 14.0. The first kappa shape index (κ1) is 21.0. The number of aromatic nitrogens is 1. The second-order valence-electron chi connectivity index (χ2n) is 6.63. The Balaban J connectivity index is 0.00000288. The Morgan fingerprint density at radius 3 is 2.67 bits per heavy atom. The van der Waals surface area contributed by atoms with Gasteiger partial charge < -0.3 is 15.1 Å². The number of nitrogens with zero attached hydrogens (tertiary/aromatic N) is 2. The van der Waals surface area contributed by atoms with Crippen LogP contribution >= 0.6 is 35.3 Å². The third kappa shape index (κ3) is 6.08. The van der Waals surface area contributed by atoms with Gasteiger partial charge in [0.2, 0.25) is 5.89 Å². The van der Waals surface area contributed by atoms with Gasteiger partial charge in [0.1, 0.15) is 5.76 Å². The van der Waals surface area contributed by atoms with E-state index in [0.29, 0.717) is 18.4 Å². The number of hydrogen-bond acceptors (Lipinski definition) is 4. The van der Waals surface area contributed by atoms with E-state index in [1.165, 1.54) is 5.56 Å². The third-order valence-electron chi connectivity index (χ3n) is 3.61. The molecule has 0 aliphatic heterocycles. The third-order valence-corrected chi connectivity index (χ3v) is 4.31. The van der Waals surface area contributed by atoms with Crippen LogP contribution in [-0.2, 0) is 12.0 Å². The van der Waals surface area contributed by atoms with Gasteiger partial charge in [0.25, 0.3) is 0 Å². The Kier molecular flexibility index (Phi) is 8.21. The van der Waals surface area contributed by atoms with Crippen molar-refractivity contribution in [2.75, 3.05) is 13.6 Å². The van der Waals surface area contributed by atoms with Gasteiger partial charge in [-0.3, -0.25) is 4.99 Å². The largest absolute Gasteiger partial charge is 0.443 e. The minimum atomic E-state index is -0.0266. The zero-order valence-electron chi connectivity index (χ0n) is 14.9. The summed E-state index contributed by atoms with van der Waals surface area (Å²) in [6.07, 6.45) is 1.80. The summed E-state index contributed by atoms with van der Waals surface area (Å²) in [5.41, 5.74) is 1.32. The molecule has 0 radical (unpaired) electrons. The van der Waals surface area contributed by atoms with Gasteiger partial charge >= 0.3 is 0 Å². The van der Waals surface area contributed by atoms with E-state index in [4.69, 9.17) is 4.42 Å². The first-order valence-electron chi connectivity index (χ1n) is 7.82. The second-order valence-corrected chi connectivity index (χ2v) is 7.41. The molecule has 0 fully saturated rings. The normalized spacial score (nSPS) is 13.3. The number of hydrogen-bond donors (Lipinski definition) is 2. The molecule has 7 heteroatoms. The van der Waals surface area contributed by atoms with Gasteiger partial charge in [-0.15, -0.1) is 24.0 Å². The average molecular weight is 462 g/mol. The van der Waals surface area contributed by atoms with E-state index in [9.17, 15) is 0 Å². The molecule has 0 bridgehead atoms. The van der Waals surface area contributed by atoms with Crippen LogP contribution in [0.2, 0.25) is 0 Å². The summed E-state index contributed by atoms with van der Waals surface area (Å²) in [6.45, 7) is 9.87. The zero-order valence-corrected chi connectivity index (χ0v) is 18.1. The first-order chi connectivity index (χ1) is 10.9. The SMILES string of the molecule is CN=C(NCc1ncc(C(C)(C)C)o1)NCC(C)c1ccsc1.I. The molecule has 0 amide bonds. The van der Waals surface area contributed by atoms with Gasteiger partial charge in [0, 0.05) is 19.0 Å². The molecule has 2 aromatic heterocycles. The van der Waals surface area contributed by atoms with Crippen LogP contribution in [0.5, 0.6) is 0 Å². The number of guanidine groups is 1. The highest BCUT2D eigenvalue weighted by Crippen LogP contribution is 2.22. The van der Waals surface area contributed by atoms with Crippen molar-refractivity contribution in [2.24, 2.45) is 4.99 Å². The smallest absolute Gasteiger partial charge is 0.213 e. The highest BCUT2D eigenvalue weighted by Gasteiger charge is 2.19. The monoisotopic (exact) mass is 462 g/mol. The number of halogens is 1. The molecule has 2 rings (SSSR count). The maximum atomic E-state index is 5.77. The molecule has 0 saturated heterocycles. The Morgan fingerprint density at radius 2 is 2.12 bits per heavy atom. The highest BCUT2D eigenvalue weighted by atomic mass is 127. The summed E-state index contributed by atoms with van der Waals surface area (Å²) in [6, 6.07) is 2.16. The molecule has 0 spiro atoms. The Morgan fingerprint density at radius 1 is 1.38 bits per heavy atom. The number of thiophene rings is 1. The molecule has 0 aromatic carbocycles. The molecule has 134 valence electrons. The van der Waals surface area contributed by atoms with Gasteiger partial charge in [0.15, 0.2) is 5.96 Å². The van der Waals surface area contributed by atoms with Crippen LogP contribution in [0.15, 0.2) is 32.4 Å². The average Bonchev–Trinajstić information content (AvgIpc) is 3.18. The fourth-order valence-electron chi connectivity index (χ4n) is 2.04. The predicted octanol–water partition coefficient (Wildman–Crippen LogP) is 4.12. The van der Waals surface area contributed by atoms with Crippen LogP contribution in [0, 0.1) is 0 Å². The maximum Gasteiger partial charge on any atom is 0.213 e. The van der Waals surface area contributed by atoms with E-state index in [-0.39, 0.29) is 29.4 Å².